The first-order chi connectivity index (χ1) is 20.1. The Kier molecular flexibility index (Phi) is 6.16. The van der Waals surface area contributed by atoms with Crippen molar-refractivity contribution in [1.82, 2.24) is 9.78 Å². The highest BCUT2D eigenvalue weighted by atomic mass is 32.2. The van der Waals surface area contributed by atoms with Crippen molar-refractivity contribution in [1.29, 1.82) is 0 Å². The standard InChI is InChI=1S/C32H30FN3O5S/c1-41-30-13-27(31(37)38)28(33)14-29(30)35-42(39,40)26-17-34-36(18-26)25-8-4-22(5-9-25)21-2-6-23(7-3-21)32-15-19-10-20(16-32)12-24(32)11-19/h2-9,13-14,17-20,24,35H,10-12,15-16H2,1H3,(H,37,38)/t19-,20+,24?,32?. The van der Waals surface area contributed by atoms with Crippen molar-refractivity contribution in [2.45, 2.75) is 42.4 Å². The number of aromatic nitrogens is 2. The number of sulfonamides is 1. The summed E-state index contributed by atoms with van der Waals surface area (Å²) >= 11 is 0. The summed E-state index contributed by atoms with van der Waals surface area (Å²) in [7, 11) is -2.95. The topological polar surface area (TPSA) is 111 Å². The van der Waals surface area contributed by atoms with Crippen LogP contribution in [0.4, 0.5) is 10.1 Å². The number of benzene rings is 3. The predicted molar refractivity (Wildman–Crippen MR) is 155 cm³/mol. The van der Waals surface area contributed by atoms with Gasteiger partial charge in [-0.2, -0.15) is 5.10 Å². The normalized spacial score (nSPS) is 24.2. The molecule has 3 aromatic carbocycles. The summed E-state index contributed by atoms with van der Waals surface area (Å²) in [6.45, 7) is 0. The van der Waals surface area contributed by atoms with Gasteiger partial charge in [0, 0.05) is 6.07 Å². The van der Waals surface area contributed by atoms with E-state index < -0.39 is 27.4 Å². The summed E-state index contributed by atoms with van der Waals surface area (Å²) in [6.07, 6.45) is 9.47. The van der Waals surface area contributed by atoms with Crippen LogP contribution in [0.3, 0.4) is 0 Å². The lowest BCUT2D eigenvalue weighted by molar-refractivity contribution is 0.0691. The van der Waals surface area contributed by atoms with E-state index in [0.717, 1.165) is 41.0 Å². The number of hydrogen-bond acceptors (Lipinski definition) is 5. The third kappa shape index (κ3) is 4.36. The highest BCUT2D eigenvalue weighted by Gasteiger charge is 2.58. The Bertz CT molecular complexity index is 1790. The van der Waals surface area contributed by atoms with Crippen LogP contribution >= 0.6 is 0 Å². The molecule has 0 saturated heterocycles. The molecular formula is C32H30FN3O5S. The Morgan fingerprint density at radius 1 is 1.02 bits per heavy atom. The Morgan fingerprint density at radius 3 is 2.29 bits per heavy atom. The highest BCUT2D eigenvalue weighted by molar-refractivity contribution is 7.92. The van der Waals surface area contributed by atoms with E-state index in [9.17, 15) is 17.6 Å². The number of carboxylic acid groups (broad SMARTS) is 1. The lowest BCUT2D eigenvalue weighted by Gasteiger charge is -2.33. The summed E-state index contributed by atoms with van der Waals surface area (Å²) in [5.41, 5.74) is 3.89. The Hall–Kier alpha value is -4.18. The molecule has 1 heterocycles. The van der Waals surface area contributed by atoms with Gasteiger partial charge in [-0.1, -0.05) is 36.4 Å². The first-order valence-corrected chi connectivity index (χ1v) is 15.5. The van der Waals surface area contributed by atoms with Crippen LogP contribution in [0.25, 0.3) is 16.8 Å². The molecule has 0 radical (unpaired) electrons. The van der Waals surface area contributed by atoms with Crippen LogP contribution < -0.4 is 9.46 Å². The second-order valence-electron chi connectivity index (χ2n) is 11.9. The van der Waals surface area contributed by atoms with Crippen LogP contribution in [0.1, 0.15) is 48.0 Å². The molecule has 8 rings (SSSR count). The predicted octanol–water partition coefficient (Wildman–Crippen LogP) is 6.26. The Morgan fingerprint density at radius 2 is 1.67 bits per heavy atom. The van der Waals surface area contributed by atoms with E-state index in [0.29, 0.717) is 11.1 Å². The van der Waals surface area contributed by atoms with Gasteiger partial charge in [-0.15, -0.1) is 0 Å². The number of ether oxygens (including phenoxy) is 1. The third-order valence-electron chi connectivity index (χ3n) is 9.55. The molecule has 1 aromatic heterocycles. The van der Waals surface area contributed by atoms with Gasteiger partial charge in [0.05, 0.1) is 36.4 Å². The van der Waals surface area contributed by atoms with E-state index >= 15 is 0 Å². The molecule has 4 bridgehead atoms. The van der Waals surface area contributed by atoms with Crippen molar-refractivity contribution in [3.05, 3.63) is 90.0 Å². The molecule has 10 heteroatoms. The van der Waals surface area contributed by atoms with Crippen molar-refractivity contribution in [2.24, 2.45) is 17.8 Å². The fourth-order valence-electron chi connectivity index (χ4n) is 7.82. The van der Waals surface area contributed by atoms with Gasteiger partial charge in [-0.05, 0) is 90.2 Å². The highest BCUT2D eigenvalue weighted by Crippen LogP contribution is 2.65. The van der Waals surface area contributed by atoms with Gasteiger partial charge in [-0.25, -0.2) is 22.3 Å². The van der Waals surface area contributed by atoms with Gasteiger partial charge in [-0.3, -0.25) is 4.72 Å². The Labute approximate surface area is 243 Å². The third-order valence-corrected chi connectivity index (χ3v) is 10.9. The van der Waals surface area contributed by atoms with Gasteiger partial charge in [0.2, 0.25) is 0 Å². The number of carbonyl (C=O) groups is 1. The lowest BCUT2D eigenvalue weighted by atomic mass is 9.71. The lowest BCUT2D eigenvalue weighted by Crippen LogP contribution is -2.27. The quantitative estimate of drug-likeness (QED) is 0.252. The number of carboxylic acids is 1. The van der Waals surface area contributed by atoms with Crippen LogP contribution in [-0.2, 0) is 15.4 Å². The second kappa shape index (κ2) is 9.69. The van der Waals surface area contributed by atoms with Crippen LogP contribution in [0.5, 0.6) is 5.75 Å². The minimum atomic E-state index is -4.18. The molecule has 4 aromatic rings. The molecule has 8 nitrogen and oxygen atoms in total. The molecule has 0 amide bonds. The van der Waals surface area contributed by atoms with Crippen molar-refractivity contribution in [2.75, 3.05) is 11.8 Å². The molecular weight excluding hydrogens is 557 g/mol. The molecule has 4 fully saturated rings. The van der Waals surface area contributed by atoms with E-state index in [4.69, 9.17) is 9.84 Å². The van der Waals surface area contributed by atoms with E-state index in [1.54, 1.807) is 0 Å². The van der Waals surface area contributed by atoms with Crippen LogP contribution in [-0.4, -0.2) is 36.4 Å². The number of hydrogen-bond donors (Lipinski definition) is 2. The first-order valence-electron chi connectivity index (χ1n) is 14.0. The molecule has 0 spiro atoms. The van der Waals surface area contributed by atoms with Crippen molar-refractivity contribution >= 4 is 21.7 Å². The van der Waals surface area contributed by atoms with Crippen molar-refractivity contribution < 1.29 is 27.4 Å². The molecule has 4 atom stereocenters. The number of halogens is 1. The fourth-order valence-corrected chi connectivity index (χ4v) is 8.82. The minimum absolute atomic E-state index is 0.129. The summed E-state index contributed by atoms with van der Waals surface area (Å²) in [4.78, 5) is 11.1. The first kappa shape index (κ1) is 26.7. The van der Waals surface area contributed by atoms with Crippen molar-refractivity contribution in [3.8, 4) is 22.6 Å². The maximum Gasteiger partial charge on any atom is 0.338 e. The van der Waals surface area contributed by atoms with Crippen LogP contribution in [0.15, 0.2) is 78.0 Å². The summed E-state index contributed by atoms with van der Waals surface area (Å²) in [5.74, 6) is -0.0319. The molecule has 2 unspecified atom stereocenters. The molecule has 42 heavy (non-hydrogen) atoms. The second-order valence-corrected chi connectivity index (χ2v) is 13.6. The van der Waals surface area contributed by atoms with Gasteiger partial charge in [0.25, 0.3) is 10.0 Å². The maximum absolute atomic E-state index is 14.2. The number of nitrogens with one attached hydrogen (secondary N) is 1. The Balaban J connectivity index is 1.08. The molecule has 0 aliphatic heterocycles. The number of rotatable bonds is 8. The van der Waals surface area contributed by atoms with Gasteiger partial charge in [0.1, 0.15) is 16.5 Å². The van der Waals surface area contributed by atoms with Gasteiger partial charge in [0.15, 0.2) is 0 Å². The molecule has 2 N–H and O–H groups in total. The SMILES string of the molecule is COc1cc(C(=O)O)c(F)cc1NS(=O)(=O)c1cnn(-c2ccc(-c3ccc(C45C[C@@H]6CC4C[C@@H](C6)C5)cc3)cc2)c1. The van der Waals surface area contributed by atoms with E-state index in [2.05, 4.69) is 34.1 Å². The zero-order chi connectivity index (χ0) is 29.2. The van der Waals surface area contributed by atoms with Gasteiger partial charge >= 0.3 is 5.97 Å². The zero-order valence-electron chi connectivity index (χ0n) is 23.0. The van der Waals surface area contributed by atoms with Crippen molar-refractivity contribution in [3.63, 3.8) is 0 Å². The number of aromatic carboxylic acids is 1. The summed E-state index contributed by atoms with van der Waals surface area (Å²) in [6, 6.07) is 18.5. The van der Waals surface area contributed by atoms with E-state index in [1.165, 1.54) is 61.9 Å². The smallest absolute Gasteiger partial charge is 0.338 e. The molecule has 4 aliphatic carbocycles. The monoisotopic (exact) mass is 587 g/mol. The van der Waals surface area contributed by atoms with Crippen LogP contribution in [0, 0.1) is 23.6 Å². The van der Waals surface area contributed by atoms with Crippen LogP contribution in [0.2, 0.25) is 0 Å². The maximum atomic E-state index is 14.2. The average Bonchev–Trinajstić information content (AvgIpc) is 3.64. The average molecular weight is 588 g/mol. The van der Waals surface area contributed by atoms with E-state index in [1.807, 2.05) is 24.3 Å². The number of anilines is 1. The summed E-state index contributed by atoms with van der Waals surface area (Å²) in [5, 5.41) is 13.3. The summed E-state index contributed by atoms with van der Waals surface area (Å²) < 4.78 is 49.1. The molecule has 216 valence electrons. The number of nitrogens with zero attached hydrogens (tertiary/aromatic N) is 2. The largest absolute Gasteiger partial charge is 0.495 e. The molecule has 4 aliphatic rings. The van der Waals surface area contributed by atoms with E-state index in [-0.39, 0.29) is 16.3 Å². The van der Waals surface area contributed by atoms with Gasteiger partial charge < -0.3 is 9.84 Å². The minimum Gasteiger partial charge on any atom is -0.495 e. The number of methoxy groups -OCH3 is 1. The fraction of sp³-hybridized carbons (Fsp3) is 0.312. The zero-order valence-corrected chi connectivity index (χ0v) is 23.8. The molecule has 4 saturated carbocycles.